The summed E-state index contributed by atoms with van der Waals surface area (Å²) in [4.78, 5) is 0. The van der Waals surface area contributed by atoms with Crippen LogP contribution in [0.15, 0.2) is 18.2 Å². The number of nitrogens with one attached hydrogen (secondary N) is 1. The molecule has 0 aromatic heterocycles. The van der Waals surface area contributed by atoms with Gasteiger partial charge in [-0.3, -0.25) is 0 Å². The van der Waals surface area contributed by atoms with Gasteiger partial charge >= 0.3 is 0 Å². The molecule has 1 rings (SSSR count). The lowest BCUT2D eigenvalue weighted by Gasteiger charge is -2.11. The fourth-order valence-electron chi connectivity index (χ4n) is 1.49. The first-order chi connectivity index (χ1) is 7.65. The molecule has 16 heavy (non-hydrogen) atoms. The highest BCUT2D eigenvalue weighted by atomic mass is 32.2. The molecule has 0 aliphatic heterocycles. The van der Waals surface area contributed by atoms with Crippen LogP contribution >= 0.6 is 11.8 Å². The van der Waals surface area contributed by atoms with Crippen LogP contribution in [-0.4, -0.2) is 18.6 Å². The van der Waals surface area contributed by atoms with Gasteiger partial charge in [0.25, 0.3) is 0 Å². The van der Waals surface area contributed by atoms with E-state index in [9.17, 15) is 8.78 Å². The first kappa shape index (κ1) is 13.5. The molecule has 1 aromatic rings. The van der Waals surface area contributed by atoms with Crippen molar-refractivity contribution in [2.45, 2.75) is 13.5 Å². The minimum absolute atomic E-state index is 0.124. The van der Waals surface area contributed by atoms with Gasteiger partial charge in [-0.05, 0) is 36.6 Å². The number of hydrogen-bond donors (Lipinski definition) is 1. The standard InChI is InChI=1S/C12H17F2NS/c1-9(8-16-2)6-15-7-10-11(13)4-3-5-12(10)14/h3-5,9,15H,6-8H2,1-2H3. The van der Waals surface area contributed by atoms with Crippen molar-refractivity contribution in [1.29, 1.82) is 0 Å². The molecule has 0 aliphatic rings. The second kappa shape index (κ2) is 6.86. The molecule has 0 saturated carbocycles. The highest BCUT2D eigenvalue weighted by Gasteiger charge is 2.08. The molecular formula is C12H17F2NS. The second-order valence-electron chi connectivity index (χ2n) is 3.89. The number of hydrogen-bond acceptors (Lipinski definition) is 2. The molecule has 1 unspecified atom stereocenters. The number of benzene rings is 1. The fourth-order valence-corrected chi connectivity index (χ4v) is 2.18. The maximum absolute atomic E-state index is 13.2. The molecule has 1 aromatic carbocycles. The van der Waals surface area contributed by atoms with E-state index in [-0.39, 0.29) is 12.1 Å². The molecular weight excluding hydrogens is 228 g/mol. The zero-order valence-corrected chi connectivity index (χ0v) is 10.4. The predicted octanol–water partition coefficient (Wildman–Crippen LogP) is 3.05. The molecule has 0 amide bonds. The molecule has 0 fully saturated rings. The van der Waals surface area contributed by atoms with E-state index < -0.39 is 11.6 Å². The monoisotopic (exact) mass is 245 g/mol. The van der Waals surface area contributed by atoms with Gasteiger partial charge < -0.3 is 5.32 Å². The molecule has 1 nitrogen and oxygen atoms in total. The van der Waals surface area contributed by atoms with Crippen molar-refractivity contribution in [2.24, 2.45) is 5.92 Å². The molecule has 4 heteroatoms. The van der Waals surface area contributed by atoms with E-state index in [0.717, 1.165) is 12.3 Å². The molecule has 0 radical (unpaired) electrons. The summed E-state index contributed by atoms with van der Waals surface area (Å²) >= 11 is 1.77. The highest BCUT2D eigenvalue weighted by molar-refractivity contribution is 7.98. The zero-order valence-electron chi connectivity index (χ0n) is 9.59. The lowest BCUT2D eigenvalue weighted by Crippen LogP contribution is -2.23. The average molecular weight is 245 g/mol. The van der Waals surface area contributed by atoms with Crippen LogP contribution in [0.25, 0.3) is 0 Å². The number of thioether (sulfide) groups is 1. The predicted molar refractivity (Wildman–Crippen MR) is 65.6 cm³/mol. The van der Waals surface area contributed by atoms with Crippen molar-refractivity contribution in [1.82, 2.24) is 5.32 Å². The van der Waals surface area contributed by atoms with Gasteiger partial charge in [0.15, 0.2) is 0 Å². The second-order valence-corrected chi connectivity index (χ2v) is 4.80. The highest BCUT2D eigenvalue weighted by Crippen LogP contribution is 2.11. The van der Waals surface area contributed by atoms with Crippen LogP contribution in [0.4, 0.5) is 8.78 Å². The van der Waals surface area contributed by atoms with E-state index in [2.05, 4.69) is 12.2 Å². The van der Waals surface area contributed by atoms with Crippen LogP contribution in [-0.2, 0) is 6.54 Å². The zero-order chi connectivity index (χ0) is 12.0. The third-order valence-corrected chi connectivity index (χ3v) is 3.21. The molecule has 1 atom stereocenters. The Balaban J connectivity index is 2.43. The van der Waals surface area contributed by atoms with E-state index in [4.69, 9.17) is 0 Å². The summed E-state index contributed by atoms with van der Waals surface area (Å²) < 4.78 is 26.5. The van der Waals surface area contributed by atoms with Crippen molar-refractivity contribution in [2.75, 3.05) is 18.6 Å². The van der Waals surface area contributed by atoms with E-state index in [1.54, 1.807) is 11.8 Å². The number of rotatable bonds is 6. The van der Waals surface area contributed by atoms with Gasteiger partial charge in [-0.1, -0.05) is 13.0 Å². The smallest absolute Gasteiger partial charge is 0.130 e. The molecule has 0 bridgehead atoms. The average Bonchev–Trinajstić information content (AvgIpc) is 2.23. The van der Waals surface area contributed by atoms with E-state index in [0.29, 0.717) is 5.92 Å². The summed E-state index contributed by atoms with van der Waals surface area (Å²) in [5.74, 6) is 0.590. The molecule has 1 N–H and O–H groups in total. The van der Waals surface area contributed by atoms with E-state index in [1.807, 2.05) is 6.26 Å². The molecule has 0 saturated heterocycles. The minimum Gasteiger partial charge on any atom is -0.312 e. The van der Waals surface area contributed by atoms with Crippen LogP contribution in [0.1, 0.15) is 12.5 Å². The Morgan fingerprint density at radius 2 is 1.94 bits per heavy atom. The van der Waals surface area contributed by atoms with Gasteiger partial charge in [0, 0.05) is 12.1 Å². The van der Waals surface area contributed by atoms with Crippen molar-refractivity contribution >= 4 is 11.8 Å². The lowest BCUT2D eigenvalue weighted by molar-refractivity contribution is 0.511. The van der Waals surface area contributed by atoms with Crippen LogP contribution < -0.4 is 5.32 Å². The van der Waals surface area contributed by atoms with Crippen LogP contribution in [0.3, 0.4) is 0 Å². The van der Waals surface area contributed by atoms with E-state index >= 15 is 0 Å². The van der Waals surface area contributed by atoms with E-state index in [1.165, 1.54) is 18.2 Å². The van der Waals surface area contributed by atoms with Crippen molar-refractivity contribution in [3.63, 3.8) is 0 Å². The Kier molecular flexibility index (Phi) is 5.77. The van der Waals surface area contributed by atoms with Crippen LogP contribution in [0.2, 0.25) is 0 Å². The van der Waals surface area contributed by atoms with Crippen molar-refractivity contribution in [3.05, 3.63) is 35.4 Å². The van der Waals surface area contributed by atoms with Crippen LogP contribution in [0, 0.1) is 17.6 Å². The summed E-state index contributed by atoms with van der Waals surface area (Å²) in [5.41, 5.74) is 0.124. The molecule has 90 valence electrons. The maximum Gasteiger partial charge on any atom is 0.130 e. The Labute approximate surface area is 99.6 Å². The topological polar surface area (TPSA) is 12.0 Å². The minimum atomic E-state index is -0.481. The molecule has 0 spiro atoms. The Morgan fingerprint density at radius 3 is 2.50 bits per heavy atom. The van der Waals surface area contributed by atoms with Crippen LogP contribution in [0.5, 0.6) is 0 Å². The SMILES string of the molecule is CSCC(C)CNCc1c(F)cccc1F. The van der Waals surface area contributed by atoms with Gasteiger partial charge in [0.2, 0.25) is 0 Å². The van der Waals surface area contributed by atoms with Gasteiger partial charge in [-0.2, -0.15) is 11.8 Å². The third kappa shape index (κ3) is 4.10. The first-order valence-electron chi connectivity index (χ1n) is 5.27. The maximum atomic E-state index is 13.2. The van der Waals surface area contributed by atoms with Gasteiger partial charge in [-0.15, -0.1) is 0 Å². The lowest BCUT2D eigenvalue weighted by atomic mass is 10.1. The van der Waals surface area contributed by atoms with Gasteiger partial charge in [-0.25, -0.2) is 8.78 Å². The molecule has 0 aliphatic carbocycles. The largest absolute Gasteiger partial charge is 0.312 e. The fraction of sp³-hybridized carbons (Fsp3) is 0.500. The van der Waals surface area contributed by atoms with Gasteiger partial charge in [0.05, 0.1) is 0 Å². The Bertz CT molecular complexity index is 311. The number of halogens is 2. The first-order valence-corrected chi connectivity index (χ1v) is 6.67. The van der Waals surface area contributed by atoms with Crippen molar-refractivity contribution < 1.29 is 8.78 Å². The normalized spacial score (nSPS) is 12.8. The molecule has 0 heterocycles. The summed E-state index contributed by atoms with van der Waals surface area (Å²) in [5, 5.41) is 3.07. The van der Waals surface area contributed by atoms with Gasteiger partial charge in [0.1, 0.15) is 11.6 Å². The summed E-state index contributed by atoms with van der Waals surface area (Å²) in [6.45, 7) is 3.13. The summed E-state index contributed by atoms with van der Waals surface area (Å²) in [7, 11) is 0. The summed E-state index contributed by atoms with van der Waals surface area (Å²) in [6.07, 6.45) is 2.05. The quantitative estimate of drug-likeness (QED) is 0.826. The van der Waals surface area contributed by atoms with Crippen molar-refractivity contribution in [3.8, 4) is 0 Å². The summed E-state index contributed by atoms with van der Waals surface area (Å²) in [6, 6.07) is 3.95. The Hall–Kier alpha value is -0.610. The third-order valence-electron chi connectivity index (χ3n) is 2.31. The Morgan fingerprint density at radius 1 is 1.31 bits per heavy atom.